The quantitative estimate of drug-likeness (QED) is 0.778. The van der Waals surface area contributed by atoms with Crippen LogP contribution in [0.5, 0.6) is 0 Å². The summed E-state index contributed by atoms with van der Waals surface area (Å²) < 4.78 is 13.6. The minimum Gasteiger partial charge on any atom is -0.327 e. The second-order valence-electron chi connectivity index (χ2n) is 4.87. The molecular weight excluding hydrogens is 291 g/mol. The van der Waals surface area contributed by atoms with Gasteiger partial charge in [0.1, 0.15) is 17.8 Å². The Balaban J connectivity index is 2.31. The molecule has 0 amide bonds. The minimum atomic E-state index is -0.283. The Morgan fingerprint density at radius 2 is 2.10 bits per heavy atom. The predicted octanol–water partition coefficient (Wildman–Crippen LogP) is 4.27. The van der Waals surface area contributed by atoms with Crippen molar-refractivity contribution < 1.29 is 4.39 Å². The topological polar surface area (TPSA) is 41.4 Å². The molecule has 0 aliphatic carbocycles. The molecule has 0 unspecified atom stereocenters. The van der Waals surface area contributed by atoms with Crippen LogP contribution in [0.15, 0.2) is 29.5 Å². The van der Waals surface area contributed by atoms with Crippen LogP contribution in [0, 0.1) is 5.82 Å². The van der Waals surface area contributed by atoms with Crippen molar-refractivity contribution in [2.45, 2.75) is 19.8 Å². The predicted molar refractivity (Wildman–Crippen MR) is 82.6 cm³/mol. The van der Waals surface area contributed by atoms with Crippen molar-refractivity contribution in [1.82, 2.24) is 9.97 Å². The summed E-state index contributed by atoms with van der Waals surface area (Å²) in [6, 6.07) is 4.68. The first-order chi connectivity index (χ1) is 10.1. The van der Waals surface area contributed by atoms with Gasteiger partial charge in [-0.2, -0.15) is 0 Å². The molecule has 1 aromatic heterocycles. The maximum absolute atomic E-state index is 13.6. The van der Waals surface area contributed by atoms with Crippen molar-refractivity contribution in [2.24, 2.45) is 4.99 Å². The molecule has 1 aromatic carbocycles. The van der Waals surface area contributed by atoms with Gasteiger partial charge in [-0.25, -0.2) is 19.4 Å². The summed E-state index contributed by atoms with van der Waals surface area (Å²) in [5.74, 6) is 0.336. The summed E-state index contributed by atoms with van der Waals surface area (Å²) >= 11 is 6.16. The monoisotopic (exact) mass is 304 g/mol. The number of benzene rings is 1. The van der Waals surface area contributed by atoms with E-state index in [1.165, 1.54) is 18.5 Å². The molecule has 3 rings (SSSR count). The van der Waals surface area contributed by atoms with Gasteiger partial charge in [0.05, 0.1) is 11.4 Å². The summed E-state index contributed by atoms with van der Waals surface area (Å²) in [5.41, 5.74) is 2.96. The van der Waals surface area contributed by atoms with Crippen LogP contribution in [0.2, 0.25) is 5.15 Å². The average Bonchev–Trinajstić information content (AvgIpc) is 2.58. The van der Waals surface area contributed by atoms with Crippen LogP contribution in [0.4, 0.5) is 21.6 Å². The number of fused-ring (bicyclic) bond motifs is 2. The van der Waals surface area contributed by atoms with E-state index in [2.05, 4.69) is 21.9 Å². The number of hydrogen-bond donors (Lipinski definition) is 0. The smallest absolute Gasteiger partial charge is 0.163 e. The molecule has 1 aliphatic rings. The van der Waals surface area contributed by atoms with Crippen LogP contribution >= 0.6 is 11.6 Å². The van der Waals surface area contributed by atoms with Crippen LogP contribution in [-0.4, -0.2) is 22.7 Å². The van der Waals surface area contributed by atoms with Gasteiger partial charge in [-0.05, 0) is 24.6 Å². The Morgan fingerprint density at radius 3 is 2.86 bits per heavy atom. The zero-order valence-electron chi connectivity index (χ0n) is 11.8. The zero-order valence-corrected chi connectivity index (χ0v) is 12.5. The van der Waals surface area contributed by atoms with Gasteiger partial charge < -0.3 is 4.90 Å². The van der Waals surface area contributed by atoms with E-state index in [4.69, 9.17) is 11.6 Å². The van der Waals surface area contributed by atoms with E-state index in [0.717, 1.165) is 29.8 Å². The van der Waals surface area contributed by atoms with Crippen molar-refractivity contribution in [3.8, 4) is 0 Å². The third kappa shape index (κ3) is 2.38. The first-order valence-electron chi connectivity index (χ1n) is 6.73. The van der Waals surface area contributed by atoms with Crippen LogP contribution in [0.3, 0.4) is 0 Å². The van der Waals surface area contributed by atoms with E-state index in [0.29, 0.717) is 16.7 Å². The van der Waals surface area contributed by atoms with Crippen LogP contribution in [-0.2, 0) is 0 Å². The van der Waals surface area contributed by atoms with Crippen molar-refractivity contribution in [3.63, 3.8) is 0 Å². The highest BCUT2D eigenvalue weighted by molar-refractivity contribution is 6.32. The molecule has 6 heteroatoms. The maximum Gasteiger partial charge on any atom is 0.163 e. The SMILES string of the molecule is CCCC1=Nc2c(Cl)ncnc2N(C)c2ccc(F)cc21. The first kappa shape index (κ1) is 13.9. The fourth-order valence-corrected chi connectivity index (χ4v) is 2.63. The molecule has 0 fully saturated rings. The minimum absolute atomic E-state index is 0.283. The van der Waals surface area contributed by atoms with E-state index in [-0.39, 0.29) is 5.82 Å². The summed E-state index contributed by atoms with van der Waals surface area (Å²) in [5, 5.41) is 0.300. The van der Waals surface area contributed by atoms with Gasteiger partial charge in [-0.1, -0.05) is 24.9 Å². The molecule has 2 aromatic rings. The summed E-state index contributed by atoms with van der Waals surface area (Å²) in [4.78, 5) is 14.7. The lowest BCUT2D eigenvalue weighted by atomic mass is 10.0. The second kappa shape index (κ2) is 5.41. The van der Waals surface area contributed by atoms with Crippen molar-refractivity contribution in [1.29, 1.82) is 0 Å². The number of nitrogens with zero attached hydrogens (tertiary/aromatic N) is 4. The van der Waals surface area contributed by atoms with Crippen LogP contribution in [0.25, 0.3) is 0 Å². The Hall–Kier alpha value is -2.01. The molecule has 0 spiro atoms. The lowest BCUT2D eigenvalue weighted by Gasteiger charge is -2.20. The summed E-state index contributed by atoms with van der Waals surface area (Å²) in [6.45, 7) is 2.06. The van der Waals surface area contributed by atoms with Gasteiger partial charge in [0.2, 0.25) is 0 Å². The highest BCUT2D eigenvalue weighted by Crippen LogP contribution is 2.40. The molecule has 0 bridgehead atoms. The van der Waals surface area contributed by atoms with Gasteiger partial charge >= 0.3 is 0 Å². The maximum atomic E-state index is 13.6. The molecule has 0 saturated heterocycles. The largest absolute Gasteiger partial charge is 0.327 e. The third-order valence-corrected chi connectivity index (χ3v) is 3.72. The van der Waals surface area contributed by atoms with Crippen molar-refractivity contribution >= 4 is 34.5 Å². The Morgan fingerprint density at radius 1 is 1.29 bits per heavy atom. The van der Waals surface area contributed by atoms with E-state index >= 15 is 0 Å². The fourth-order valence-electron chi connectivity index (χ4n) is 2.46. The number of aliphatic imine (C=N–C) groups is 1. The Bertz CT molecular complexity index is 730. The molecule has 2 heterocycles. The van der Waals surface area contributed by atoms with Crippen molar-refractivity contribution in [3.05, 3.63) is 41.1 Å². The highest BCUT2D eigenvalue weighted by atomic mass is 35.5. The molecule has 0 N–H and O–H groups in total. The Kier molecular flexibility index (Phi) is 3.59. The summed E-state index contributed by atoms with van der Waals surface area (Å²) in [7, 11) is 1.86. The first-order valence-corrected chi connectivity index (χ1v) is 7.11. The number of rotatable bonds is 2. The van der Waals surface area contributed by atoms with Gasteiger partial charge in [0, 0.05) is 12.6 Å². The zero-order chi connectivity index (χ0) is 15.0. The van der Waals surface area contributed by atoms with E-state index < -0.39 is 0 Å². The van der Waals surface area contributed by atoms with Crippen LogP contribution in [0.1, 0.15) is 25.3 Å². The standard InChI is InChI=1S/C15H14ClFN4/c1-3-4-11-10-7-9(17)5-6-12(10)21(2)15-13(20-11)14(16)18-8-19-15/h5-8H,3-4H2,1-2H3. The average molecular weight is 305 g/mol. The molecule has 0 atom stereocenters. The lowest BCUT2D eigenvalue weighted by molar-refractivity contribution is 0.627. The lowest BCUT2D eigenvalue weighted by Crippen LogP contribution is -2.14. The molecule has 21 heavy (non-hydrogen) atoms. The van der Waals surface area contributed by atoms with E-state index in [9.17, 15) is 4.39 Å². The Labute approximate surface area is 127 Å². The number of halogens is 2. The molecule has 108 valence electrons. The summed E-state index contributed by atoms with van der Waals surface area (Å²) in [6.07, 6.45) is 3.04. The van der Waals surface area contributed by atoms with Gasteiger partial charge in [-0.15, -0.1) is 0 Å². The van der Waals surface area contributed by atoms with Gasteiger partial charge in [0.25, 0.3) is 0 Å². The third-order valence-electron chi connectivity index (χ3n) is 3.44. The molecule has 0 saturated carbocycles. The van der Waals surface area contributed by atoms with E-state index in [1.807, 2.05) is 11.9 Å². The van der Waals surface area contributed by atoms with E-state index in [1.54, 1.807) is 6.07 Å². The van der Waals surface area contributed by atoms with Crippen molar-refractivity contribution in [2.75, 3.05) is 11.9 Å². The number of aromatic nitrogens is 2. The highest BCUT2D eigenvalue weighted by Gasteiger charge is 2.23. The normalized spacial score (nSPS) is 13.3. The molecule has 4 nitrogen and oxygen atoms in total. The number of anilines is 2. The number of hydrogen-bond acceptors (Lipinski definition) is 4. The molecule has 0 radical (unpaired) electrons. The second-order valence-corrected chi connectivity index (χ2v) is 5.22. The molecular formula is C15H14ClFN4. The molecule has 1 aliphatic heterocycles. The van der Waals surface area contributed by atoms with Gasteiger partial charge in [-0.3, -0.25) is 0 Å². The van der Waals surface area contributed by atoms with Crippen LogP contribution < -0.4 is 4.90 Å². The fraction of sp³-hybridized carbons (Fsp3) is 0.267. The van der Waals surface area contributed by atoms with Gasteiger partial charge in [0.15, 0.2) is 11.0 Å².